The SMILES string of the molecule is CCCNS(=O)(=O)c1cc(C(=O)NC2CCCc3ccccc32)ccc1OC. The number of rotatable bonds is 7. The third-order valence-electron chi connectivity index (χ3n) is 4.93. The number of fused-ring (bicyclic) bond motifs is 1. The average Bonchev–Trinajstić information content (AvgIpc) is 2.72. The lowest BCUT2D eigenvalue weighted by atomic mass is 9.87. The first kappa shape index (κ1) is 20.4. The predicted molar refractivity (Wildman–Crippen MR) is 108 cm³/mol. The van der Waals surface area contributed by atoms with Gasteiger partial charge in [-0.05, 0) is 55.0 Å². The van der Waals surface area contributed by atoms with E-state index < -0.39 is 10.0 Å². The topological polar surface area (TPSA) is 84.5 Å². The second-order valence-electron chi connectivity index (χ2n) is 6.88. The van der Waals surface area contributed by atoms with Crippen molar-refractivity contribution in [1.82, 2.24) is 10.0 Å². The van der Waals surface area contributed by atoms with Gasteiger partial charge in [0.25, 0.3) is 5.91 Å². The zero-order valence-corrected chi connectivity index (χ0v) is 17.0. The lowest BCUT2D eigenvalue weighted by Gasteiger charge is -2.26. The van der Waals surface area contributed by atoms with Crippen LogP contribution in [-0.2, 0) is 16.4 Å². The standard InChI is InChI=1S/C21H26N2O4S/c1-3-13-22-28(25,26)20-14-16(11-12-19(20)27-2)21(24)23-18-10-6-8-15-7-4-5-9-17(15)18/h4-5,7,9,11-12,14,18,22H,3,6,8,10,13H2,1-2H3,(H,23,24). The number of carbonyl (C=O) groups is 1. The molecule has 1 unspecified atom stereocenters. The molecule has 2 aromatic rings. The van der Waals surface area contributed by atoms with Crippen LogP contribution in [0.25, 0.3) is 0 Å². The minimum absolute atomic E-state index is 0.0276. The summed E-state index contributed by atoms with van der Waals surface area (Å²) in [5.41, 5.74) is 2.68. The first-order valence-corrected chi connectivity index (χ1v) is 11.0. The van der Waals surface area contributed by atoms with Crippen molar-refractivity contribution in [1.29, 1.82) is 0 Å². The van der Waals surface area contributed by atoms with Crippen molar-refractivity contribution in [2.75, 3.05) is 13.7 Å². The maximum atomic E-state index is 12.8. The summed E-state index contributed by atoms with van der Waals surface area (Å²) in [6.45, 7) is 2.20. The van der Waals surface area contributed by atoms with Crippen molar-refractivity contribution < 1.29 is 17.9 Å². The summed E-state index contributed by atoms with van der Waals surface area (Å²) in [6, 6.07) is 12.5. The van der Waals surface area contributed by atoms with Crippen molar-refractivity contribution in [2.24, 2.45) is 0 Å². The molecule has 0 saturated carbocycles. The molecule has 1 aliphatic rings. The quantitative estimate of drug-likeness (QED) is 0.745. The molecule has 0 bridgehead atoms. The summed E-state index contributed by atoms with van der Waals surface area (Å²) in [6.07, 6.45) is 3.55. The van der Waals surface area contributed by atoms with Gasteiger partial charge in [-0.2, -0.15) is 0 Å². The molecule has 0 saturated heterocycles. The molecule has 0 heterocycles. The smallest absolute Gasteiger partial charge is 0.251 e. The summed E-state index contributed by atoms with van der Waals surface area (Å²) in [5.74, 6) is -0.0838. The Labute approximate surface area is 166 Å². The van der Waals surface area contributed by atoms with Gasteiger partial charge in [-0.15, -0.1) is 0 Å². The molecule has 1 atom stereocenters. The molecule has 150 valence electrons. The number of benzene rings is 2. The number of sulfonamides is 1. The van der Waals surface area contributed by atoms with Crippen LogP contribution in [0.1, 0.15) is 53.7 Å². The van der Waals surface area contributed by atoms with Gasteiger partial charge in [-0.25, -0.2) is 13.1 Å². The number of aryl methyl sites for hydroxylation is 1. The van der Waals surface area contributed by atoms with Crippen molar-refractivity contribution in [3.05, 3.63) is 59.2 Å². The van der Waals surface area contributed by atoms with Crippen LogP contribution in [0.5, 0.6) is 5.75 Å². The van der Waals surface area contributed by atoms with E-state index in [1.165, 1.54) is 24.8 Å². The van der Waals surface area contributed by atoms with Crippen LogP contribution in [0.3, 0.4) is 0 Å². The molecule has 0 aromatic heterocycles. The van der Waals surface area contributed by atoms with Gasteiger partial charge in [0.05, 0.1) is 13.2 Å². The number of ether oxygens (including phenoxy) is 1. The summed E-state index contributed by atoms with van der Waals surface area (Å²) >= 11 is 0. The van der Waals surface area contributed by atoms with Crippen LogP contribution in [0, 0.1) is 0 Å². The van der Waals surface area contributed by atoms with Crippen molar-refractivity contribution in [3.63, 3.8) is 0 Å². The molecule has 0 spiro atoms. The number of methoxy groups -OCH3 is 1. The number of hydrogen-bond donors (Lipinski definition) is 2. The molecule has 2 N–H and O–H groups in total. The van der Waals surface area contributed by atoms with Gasteiger partial charge in [0.15, 0.2) is 0 Å². The number of nitrogens with one attached hydrogen (secondary N) is 2. The Balaban J connectivity index is 1.86. The van der Waals surface area contributed by atoms with Gasteiger partial charge in [-0.1, -0.05) is 31.2 Å². The molecule has 1 amide bonds. The van der Waals surface area contributed by atoms with Crippen LogP contribution < -0.4 is 14.8 Å². The van der Waals surface area contributed by atoms with Crippen LogP contribution in [0.15, 0.2) is 47.4 Å². The molecule has 0 radical (unpaired) electrons. The second kappa shape index (κ2) is 8.75. The molecular formula is C21H26N2O4S. The van der Waals surface area contributed by atoms with Crippen LogP contribution in [-0.4, -0.2) is 28.0 Å². The lowest BCUT2D eigenvalue weighted by Crippen LogP contribution is -2.31. The zero-order valence-electron chi connectivity index (χ0n) is 16.2. The largest absolute Gasteiger partial charge is 0.495 e. The summed E-state index contributed by atoms with van der Waals surface area (Å²) in [7, 11) is -2.35. The Hall–Kier alpha value is -2.38. The fraction of sp³-hybridized carbons (Fsp3) is 0.381. The van der Waals surface area contributed by atoms with Gasteiger partial charge in [0.1, 0.15) is 10.6 Å². The minimum atomic E-state index is -3.76. The van der Waals surface area contributed by atoms with E-state index in [4.69, 9.17) is 4.74 Å². The van der Waals surface area contributed by atoms with E-state index in [9.17, 15) is 13.2 Å². The van der Waals surface area contributed by atoms with E-state index in [0.717, 1.165) is 24.8 Å². The first-order chi connectivity index (χ1) is 13.5. The van der Waals surface area contributed by atoms with Crippen molar-refractivity contribution in [2.45, 2.75) is 43.5 Å². The van der Waals surface area contributed by atoms with Gasteiger partial charge in [-0.3, -0.25) is 4.79 Å². The Morgan fingerprint density at radius 1 is 1.21 bits per heavy atom. The molecule has 2 aromatic carbocycles. The van der Waals surface area contributed by atoms with Crippen LogP contribution in [0.4, 0.5) is 0 Å². The van der Waals surface area contributed by atoms with Gasteiger partial charge >= 0.3 is 0 Å². The fourth-order valence-electron chi connectivity index (χ4n) is 3.49. The first-order valence-electron chi connectivity index (χ1n) is 9.52. The molecule has 1 aliphatic carbocycles. The maximum absolute atomic E-state index is 12.8. The van der Waals surface area contributed by atoms with E-state index in [1.54, 1.807) is 6.07 Å². The highest BCUT2D eigenvalue weighted by atomic mass is 32.2. The Bertz CT molecular complexity index is 957. The van der Waals surface area contributed by atoms with Crippen LogP contribution in [0.2, 0.25) is 0 Å². The molecule has 3 rings (SSSR count). The van der Waals surface area contributed by atoms with Gasteiger partial charge in [0, 0.05) is 12.1 Å². The molecule has 0 aliphatic heterocycles. The van der Waals surface area contributed by atoms with E-state index in [-0.39, 0.29) is 22.6 Å². The minimum Gasteiger partial charge on any atom is -0.495 e. The van der Waals surface area contributed by atoms with E-state index in [1.807, 2.05) is 25.1 Å². The molecule has 7 heteroatoms. The summed E-state index contributed by atoms with van der Waals surface area (Å²) in [4.78, 5) is 12.8. The van der Waals surface area contributed by atoms with Crippen LogP contribution >= 0.6 is 0 Å². The Kier molecular flexibility index (Phi) is 6.36. The normalized spacial score (nSPS) is 16.3. The third kappa shape index (κ3) is 4.36. The van der Waals surface area contributed by atoms with Gasteiger partial charge < -0.3 is 10.1 Å². The highest BCUT2D eigenvalue weighted by Crippen LogP contribution is 2.30. The molecule has 6 nitrogen and oxygen atoms in total. The summed E-state index contributed by atoms with van der Waals surface area (Å²) < 4.78 is 32.9. The molecule has 0 fully saturated rings. The predicted octanol–water partition coefficient (Wildman–Crippen LogP) is 3.19. The molecular weight excluding hydrogens is 376 g/mol. The van der Waals surface area contributed by atoms with Crippen molar-refractivity contribution >= 4 is 15.9 Å². The zero-order chi connectivity index (χ0) is 20.1. The number of carbonyl (C=O) groups excluding carboxylic acids is 1. The van der Waals surface area contributed by atoms with E-state index >= 15 is 0 Å². The van der Waals surface area contributed by atoms with E-state index in [2.05, 4.69) is 16.1 Å². The van der Waals surface area contributed by atoms with E-state index in [0.29, 0.717) is 18.5 Å². The highest BCUT2D eigenvalue weighted by Gasteiger charge is 2.24. The van der Waals surface area contributed by atoms with Crippen molar-refractivity contribution in [3.8, 4) is 5.75 Å². The monoisotopic (exact) mass is 402 g/mol. The Morgan fingerprint density at radius 3 is 2.75 bits per heavy atom. The third-order valence-corrected chi connectivity index (χ3v) is 6.41. The average molecular weight is 403 g/mol. The molecule has 28 heavy (non-hydrogen) atoms. The van der Waals surface area contributed by atoms with Gasteiger partial charge in [0.2, 0.25) is 10.0 Å². The second-order valence-corrected chi connectivity index (χ2v) is 8.62. The Morgan fingerprint density at radius 2 is 2.00 bits per heavy atom. The highest BCUT2D eigenvalue weighted by molar-refractivity contribution is 7.89. The number of hydrogen-bond acceptors (Lipinski definition) is 4. The summed E-state index contributed by atoms with van der Waals surface area (Å²) in [5, 5.41) is 3.06. The maximum Gasteiger partial charge on any atom is 0.251 e. The fourth-order valence-corrected chi connectivity index (χ4v) is 4.81. The lowest BCUT2D eigenvalue weighted by molar-refractivity contribution is 0.0932. The number of amides is 1.